The lowest BCUT2D eigenvalue weighted by atomic mass is 9.64. The van der Waals surface area contributed by atoms with Crippen molar-refractivity contribution in [3.8, 4) is 0 Å². The number of hydrogen-bond donors (Lipinski definition) is 2. The second-order valence-electron chi connectivity index (χ2n) is 6.78. The fraction of sp³-hybridized carbons (Fsp3) is 0.632. The molecule has 23 heavy (non-hydrogen) atoms. The molecule has 1 aliphatic carbocycles. The molecule has 0 aromatic heterocycles. The van der Waals surface area contributed by atoms with E-state index in [-0.39, 0.29) is 5.41 Å². The summed E-state index contributed by atoms with van der Waals surface area (Å²) in [5, 5.41) is 6.83. The third-order valence-corrected chi connectivity index (χ3v) is 4.66. The number of aliphatic imine (C=N–C) groups is 1. The van der Waals surface area contributed by atoms with Gasteiger partial charge in [0.05, 0.1) is 6.54 Å². The fourth-order valence-electron chi connectivity index (χ4n) is 3.11. The predicted molar refractivity (Wildman–Crippen MR) is 99.1 cm³/mol. The van der Waals surface area contributed by atoms with E-state index in [1.807, 2.05) is 0 Å². The van der Waals surface area contributed by atoms with Gasteiger partial charge in [-0.15, -0.1) is 0 Å². The minimum atomic E-state index is 0.257. The van der Waals surface area contributed by atoms with Crippen LogP contribution in [-0.2, 0) is 5.41 Å². The van der Waals surface area contributed by atoms with Crippen molar-refractivity contribution in [1.29, 1.82) is 0 Å². The summed E-state index contributed by atoms with van der Waals surface area (Å²) in [7, 11) is 4.22. The van der Waals surface area contributed by atoms with Crippen LogP contribution in [0.15, 0.2) is 35.3 Å². The molecule has 0 atom stereocenters. The molecule has 0 heterocycles. The smallest absolute Gasteiger partial charge is 0.191 e. The number of rotatable bonds is 8. The zero-order chi connectivity index (χ0) is 16.5. The zero-order valence-electron chi connectivity index (χ0n) is 14.9. The van der Waals surface area contributed by atoms with Crippen LogP contribution >= 0.6 is 0 Å². The number of guanidine groups is 1. The molecule has 1 saturated carbocycles. The van der Waals surface area contributed by atoms with Crippen LogP contribution < -0.4 is 10.6 Å². The first-order valence-corrected chi connectivity index (χ1v) is 8.89. The Balaban J connectivity index is 1.93. The molecule has 2 rings (SSSR count). The number of benzene rings is 1. The van der Waals surface area contributed by atoms with Gasteiger partial charge in [0.2, 0.25) is 0 Å². The average Bonchev–Trinajstić information content (AvgIpc) is 2.51. The van der Waals surface area contributed by atoms with Gasteiger partial charge in [0.1, 0.15) is 0 Å². The highest BCUT2D eigenvalue weighted by molar-refractivity contribution is 5.79. The highest BCUT2D eigenvalue weighted by atomic mass is 15.2. The van der Waals surface area contributed by atoms with Crippen LogP contribution in [0.1, 0.15) is 38.2 Å². The normalized spacial score (nSPS) is 17.0. The van der Waals surface area contributed by atoms with Crippen LogP contribution in [-0.4, -0.2) is 51.1 Å². The molecule has 1 fully saturated rings. The SMILES string of the molecule is CCNC(=NCC1(c2ccccc2)CCC1)NCCCN(C)C. The molecule has 0 spiro atoms. The van der Waals surface area contributed by atoms with Gasteiger partial charge in [-0.05, 0) is 52.4 Å². The first kappa shape index (κ1) is 17.8. The molecule has 2 N–H and O–H groups in total. The molecule has 1 aromatic rings. The first-order chi connectivity index (χ1) is 11.2. The third-order valence-electron chi connectivity index (χ3n) is 4.66. The first-order valence-electron chi connectivity index (χ1n) is 8.89. The van der Waals surface area contributed by atoms with Crippen molar-refractivity contribution in [2.75, 3.05) is 40.3 Å². The topological polar surface area (TPSA) is 39.7 Å². The summed E-state index contributed by atoms with van der Waals surface area (Å²) in [5.74, 6) is 0.952. The van der Waals surface area contributed by atoms with E-state index >= 15 is 0 Å². The van der Waals surface area contributed by atoms with E-state index in [0.29, 0.717) is 0 Å². The van der Waals surface area contributed by atoms with Gasteiger partial charge in [0.15, 0.2) is 5.96 Å². The van der Waals surface area contributed by atoms with E-state index in [1.54, 1.807) is 0 Å². The van der Waals surface area contributed by atoms with Gasteiger partial charge in [-0.25, -0.2) is 0 Å². The van der Waals surface area contributed by atoms with Gasteiger partial charge in [-0.3, -0.25) is 4.99 Å². The van der Waals surface area contributed by atoms with Crippen LogP contribution in [0.4, 0.5) is 0 Å². The lowest BCUT2D eigenvalue weighted by Crippen LogP contribution is -2.42. The Kier molecular flexibility index (Phi) is 6.90. The summed E-state index contributed by atoms with van der Waals surface area (Å²) in [6.45, 7) is 5.95. The molecule has 1 aromatic carbocycles. The van der Waals surface area contributed by atoms with Gasteiger partial charge in [0.25, 0.3) is 0 Å². The molecule has 4 nitrogen and oxygen atoms in total. The van der Waals surface area contributed by atoms with Crippen molar-refractivity contribution >= 4 is 5.96 Å². The second kappa shape index (κ2) is 8.92. The van der Waals surface area contributed by atoms with Gasteiger partial charge >= 0.3 is 0 Å². The van der Waals surface area contributed by atoms with Crippen molar-refractivity contribution in [2.45, 2.75) is 38.0 Å². The zero-order valence-corrected chi connectivity index (χ0v) is 14.9. The van der Waals surface area contributed by atoms with Crippen LogP contribution in [0.3, 0.4) is 0 Å². The second-order valence-corrected chi connectivity index (χ2v) is 6.78. The van der Waals surface area contributed by atoms with Gasteiger partial charge in [-0.1, -0.05) is 36.8 Å². The summed E-state index contributed by atoms with van der Waals surface area (Å²) in [6, 6.07) is 10.9. The van der Waals surface area contributed by atoms with Crippen LogP contribution in [0.2, 0.25) is 0 Å². The molecule has 0 saturated heterocycles. The fourth-order valence-corrected chi connectivity index (χ4v) is 3.11. The Hall–Kier alpha value is -1.55. The number of hydrogen-bond acceptors (Lipinski definition) is 2. The molecule has 1 aliphatic rings. The van der Waals surface area contributed by atoms with Crippen molar-refractivity contribution in [1.82, 2.24) is 15.5 Å². The Morgan fingerprint density at radius 1 is 1.17 bits per heavy atom. The lowest BCUT2D eigenvalue weighted by molar-refractivity contribution is 0.253. The van der Waals surface area contributed by atoms with E-state index in [1.165, 1.54) is 24.8 Å². The van der Waals surface area contributed by atoms with Crippen LogP contribution in [0.5, 0.6) is 0 Å². The van der Waals surface area contributed by atoms with E-state index in [4.69, 9.17) is 4.99 Å². The van der Waals surface area contributed by atoms with Crippen molar-refractivity contribution < 1.29 is 0 Å². The highest BCUT2D eigenvalue weighted by Crippen LogP contribution is 2.43. The van der Waals surface area contributed by atoms with Crippen molar-refractivity contribution in [3.05, 3.63) is 35.9 Å². The van der Waals surface area contributed by atoms with Gasteiger partial charge < -0.3 is 15.5 Å². The molecular formula is C19H32N4. The summed E-state index contributed by atoms with van der Waals surface area (Å²) in [4.78, 5) is 7.09. The maximum absolute atomic E-state index is 4.88. The summed E-state index contributed by atoms with van der Waals surface area (Å²) >= 11 is 0. The van der Waals surface area contributed by atoms with Crippen molar-refractivity contribution in [2.24, 2.45) is 4.99 Å². The van der Waals surface area contributed by atoms with Gasteiger partial charge in [-0.2, -0.15) is 0 Å². The highest BCUT2D eigenvalue weighted by Gasteiger charge is 2.38. The minimum Gasteiger partial charge on any atom is -0.357 e. The summed E-state index contributed by atoms with van der Waals surface area (Å²) in [6.07, 6.45) is 4.94. The molecule has 128 valence electrons. The maximum Gasteiger partial charge on any atom is 0.191 e. The summed E-state index contributed by atoms with van der Waals surface area (Å²) < 4.78 is 0. The Morgan fingerprint density at radius 2 is 1.91 bits per heavy atom. The Bertz CT molecular complexity index is 477. The summed E-state index contributed by atoms with van der Waals surface area (Å²) in [5.41, 5.74) is 1.70. The molecule has 0 amide bonds. The van der Waals surface area contributed by atoms with E-state index < -0.39 is 0 Å². The monoisotopic (exact) mass is 316 g/mol. The quantitative estimate of drug-likeness (QED) is 0.440. The van der Waals surface area contributed by atoms with Gasteiger partial charge in [0, 0.05) is 18.5 Å². The lowest BCUT2D eigenvalue weighted by Gasteiger charge is -2.41. The molecule has 0 bridgehead atoms. The van der Waals surface area contributed by atoms with E-state index in [2.05, 4.69) is 66.9 Å². The number of nitrogens with zero attached hydrogens (tertiary/aromatic N) is 2. The Labute approximate surface area is 141 Å². The molecule has 0 aliphatic heterocycles. The third kappa shape index (κ3) is 5.24. The minimum absolute atomic E-state index is 0.257. The van der Waals surface area contributed by atoms with E-state index in [0.717, 1.165) is 38.6 Å². The predicted octanol–water partition coefficient (Wildman–Crippen LogP) is 2.62. The van der Waals surface area contributed by atoms with Crippen molar-refractivity contribution in [3.63, 3.8) is 0 Å². The largest absolute Gasteiger partial charge is 0.357 e. The molecule has 0 unspecified atom stereocenters. The maximum atomic E-state index is 4.88. The Morgan fingerprint density at radius 3 is 2.48 bits per heavy atom. The molecule has 0 radical (unpaired) electrons. The van der Waals surface area contributed by atoms with Crippen LogP contribution in [0, 0.1) is 0 Å². The van der Waals surface area contributed by atoms with E-state index in [9.17, 15) is 0 Å². The number of nitrogens with one attached hydrogen (secondary N) is 2. The standard InChI is InChI=1S/C19H32N4/c1-4-20-18(21-14-9-15-23(2)3)22-16-19(12-8-13-19)17-10-6-5-7-11-17/h5-7,10-11H,4,8-9,12-16H2,1-3H3,(H2,20,21,22). The average molecular weight is 316 g/mol. The molecule has 4 heteroatoms. The van der Waals surface area contributed by atoms with Crippen LogP contribution in [0.25, 0.3) is 0 Å². The molecular weight excluding hydrogens is 284 g/mol.